The predicted octanol–water partition coefficient (Wildman–Crippen LogP) is 1.41. The summed E-state index contributed by atoms with van der Waals surface area (Å²) in [5, 5.41) is 20.9. The van der Waals surface area contributed by atoms with Crippen LogP contribution in [0.3, 0.4) is 0 Å². The first-order chi connectivity index (χ1) is 7.63. The van der Waals surface area contributed by atoms with E-state index in [4.69, 9.17) is 5.11 Å². The lowest BCUT2D eigenvalue weighted by atomic mass is 10.1. The van der Waals surface area contributed by atoms with Crippen LogP contribution < -0.4 is 5.32 Å². The minimum atomic E-state index is -4.54. The average molecular weight is 270 g/mol. The number of carboxylic acid groups (broad SMARTS) is 1. The molecule has 17 heavy (non-hydrogen) atoms. The van der Waals surface area contributed by atoms with E-state index in [1.54, 1.807) is 0 Å². The predicted molar refractivity (Wildman–Crippen MR) is 53.9 cm³/mol. The van der Waals surface area contributed by atoms with Crippen LogP contribution in [0.4, 0.5) is 18.3 Å². The van der Waals surface area contributed by atoms with Crippen LogP contribution in [0.5, 0.6) is 0 Å². The van der Waals surface area contributed by atoms with Crippen LogP contribution in [0.2, 0.25) is 0 Å². The van der Waals surface area contributed by atoms with Crippen molar-refractivity contribution >= 4 is 22.4 Å². The van der Waals surface area contributed by atoms with Gasteiger partial charge in [-0.15, -0.1) is 11.3 Å². The van der Waals surface area contributed by atoms with Crippen molar-refractivity contribution in [3.8, 4) is 0 Å². The number of hydrogen-bond donors (Lipinski definition) is 3. The molecule has 1 heterocycles. The number of aliphatic carboxylic acids is 1. The quantitative estimate of drug-likeness (QED) is 0.770. The zero-order valence-electron chi connectivity index (χ0n) is 8.58. The largest absolute Gasteiger partial charge is 0.479 e. The minimum Gasteiger partial charge on any atom is -0.479 e. The fraction of sp³-hybridized carbons (Fsp3) is 0.500. The maximum Gasteiger partial charge on any atom is 0.434 e. The number of aromatic nitrogens is 1. The van der Waals surface area contributed by atoms with Crippen molar-refractivity contribution in [2.75, 3.05) is 11.9 Å². The van der Waals surface area contributed by atoms with Gasteiger partial charge in [-0.05, 0) is 6.92 Å². The van der Waals surface area contributed by atoms with E-state index in [-0.39, 0.29) is 5.13 Å². The van der Waals surface area contributed by atoms with Crippen LogP contribution in [-0.4, -0.2) is 33.3 Å². The molecule has 1 atom stereocenters. The van der Waals surface area contributed by atoms with Crippen molar-refractivity contribution in [2.24, 2.45) is 0 Å². The normalized spacial score (nSPS) is 15.4. The van der Waals surface area contributed by atoms with E-state index >= 15 is 0 Å². The van der Waals surface area contributed by atoms with Crippen molar-refractivity contribution in [2.45, 2.75) is 18.7 Å². The fourth-order valence-corrected chi connectivity index (χ4v) is 1.52. The van der Waals surface area contributed by atoms with Crippen LogP contribution in [0.1, 0.15) is 12.6 Å². The summed E-state index contributed by atoms with van der Waals surface area (Å²) in [6.45, 7) is 0.591. The molecule has 1 rings (SSSR count). The fourth-order valence-electron chi connectivity index (χ4n) is 0.808. The van der Waals surface area contributed by atoms with Crippen molar-refractivity contribution in [3.05, 3.63) is 11.1 Å². The summed E-state index contributed by atoms with van der Waals surface area (Å²) in [5.41, 5.74) is -3.12. The van der Waals surface area contributed by atoms with Gasteiger partial charge in [-0.2, -0.15) is 13.2 Å². The van der Waals surface area contributed by atoms with Gasteiger partial charge in [0, 0.05) is 5.38 Å². The van der Waals surface area contributed by atoms with E-state index in [1.807, 2.05) is 0 Å². The van der Waals surface area contributed by atoms with Gasteiger partial charge in [-0.1, -0.05) is 0 Å². The topological polar surface area (TPSA) is 82.5 Å². The van der Waals surface area contributed by atoms with Gasteiger partial charge in [0.1, 0.15) is 0 Å². The molecule has 0 radical (unpaired) electrons. The van der Waals surface area contributed by atoms with Gasteiger partial charge in [-0.3, -0.25) is 0 Å². The highest BCUT2D eigenvalue weighted by Crippen LogP contribution is 2.31. The number of thiazole rings is 1. The molecule has 5 nitrogen and oxygen atoms in total. The molecule has 0 aliphatic heterocycles. The van der Waals surface area contributed by atoms with E-state index < -0.39 is 30.0 Å². The number of nitrogens with zero attached hydrogens (tertiary/aromatic N) is 1. The van der Waals surface area contributed by atoms with Crippen LogP contribution in [-0.2, 0) is 11.0 Å². The van der Waals surface area contributed by atoms with Crippen LogP contribution in [0.25, 0.3) is 0 Å². The Morgan fingerprint density at radius 2 is 2.18 bits per heavy atom. The first kappa shape index (κ1) is 13.7. The second-order valence-corrected chi connectivity index (χ2v) is 4.33. The molecule has 0 saturated carbocycles. The molecule has 1 aromatic rings. The summed E-state index contributed by atoms with van der Waals surface area (Å²) in [7, 11) is 0. The van der Waals surface area contributed by atoms with E-state index in [0.717, 1.165) is 12.3 Å². The zero-order valence-corrected chi connectivity index (χ0v) is 9.39. The average Bonchev–Trinajstić information content (AvgIpc) is 2.62. The van der Waals surface area contributed by atoms with Crippen molar-refractivity contribution in [3.63, 3.8) is 0 Å². The molecule has 0 spiro atoms. The van der Waals surface area contributed by atoms with E-state index in [0.29, 0.717) is 11.3 Å². The first-order valence-corrected chi connectivity index (χ1v) is 5.23. The molecule has 9 heteroatoms. The number of alkyl halides is 3. The molecular weight excluding hydrogens is 261 g/mol. The minimum absolute atomic E-state index is 0.0983. The second kappa shape index (κ2) is 4.49. The third-order valence-electron chi connectivity index (χ3n) is 1.84. The summed E-state index contributed by atoms with van der Waals surface area (Å²) in [4.78, 5) is 13.7. The molecular formula is C8H9F3N2O3S. The van der Waals surface area contributed by atoms with Gasteiger partial charge in [-0.25, -0.2) is 9.78 Å². The highest BCUT2D eigenvalue weighted by molar-refractivity contribution is 7.13. The molecule has 0 aromatic carbocycles. The summed E-state index contributed by atoms with van der Waals surface area (Å²) >= 11 is 0.683. The van der Waals surface area contributed by atoms with Gasteiger partial charge < -0.3 is 15.5 Å². The SMILES string of the molecule is CC(O)(CNc1nc(C(F)(F)F)cs1)C(=O)O. The monoisotopic (exact) mass is 270 g/mol. The number of rotatable bonds is 4. The third kappa shape index (κ3) is 3.56. The lowest BCUT2D eigenvalue weighted by molar-refractivity contribution is -0.155. The highest BCUT2D eigenvalue weighted by Gasteiger charge is 2.34. The van der Waals surface area contributed by atoms with Gasteiger partial charge in [0.15, 0.2) is 16.4 Å². The number of carboxylic acids is 1. The van der Waals surface area contributed by atoms with E-state index in [1.165, 1.54) is 0 Å². The lowest BCUT2D eigenvalue weighted by Gasteiger charge is -2.17. The van der Waals surface area contributed by atoms with Gasteiger partial charge in [0.05, 0.1) is 6.54 Å². The Bertz CT molecular complexity index is 416. The number of anilines is 1. The number of nitrogens with one attached hydrogen (secondary N) is 1. The third-order valence-corrected chi connectivity index (χ3v) is 2.64. The summed E-state index contributed by atoms with van der Waals surface area (Å²) in [5.74, 6) is -1.47. The lowest BCUT2D eigenvalue weighted by Crippen LogP contribution is -2.41. The molecule has 96 valence electrons. The zero-order chi connectivity index (χ0) is 13.3. The Morgan fingerprint density at radius 3 is 2.59 bits per heavy atom. The summed E-state index contributed by atoms with van der Waals surface area (Å²) in [6.07, 6.45) is -4.54. The molecule has 1 aromatic heterocycles. The van der Waals surface area contributed by atoms with Gasteiger partial charge in [0.2, 0.25) is 0 Å². The van der Waals surface area contributed by atoms with Gasteiger partial charge >= 0.3 is 12.1 Å². The second-order valence-electron chi connectivity index (χ2n) is 3.47. The maximum absolute atomic E-state index is 12.2. The number of halogens is 3. The Balaban J connectivity index is 2.66. The molecule has 0 amide bonds. The summed E-state index contributed by atoms with van der Waals surface area (Å²) < 4.78 is 36.5. The number of carbonyl (C=O) groups is 1. The molecule has 0 aliphatic rings. The van der Waals surface area contributed by atoms with E-state index in [2.05, 4.69) is 10.3 Å². The molecule has 1 unspecified atom stereocenters. The van der Waals surface area contributed by atoms with Gasteiger partial charge in [0.25, 0.3) is 0 Å². The molecule has 0 aliphatic carbocycles. The Hall–Kier alpha value is -1.35. The standard InChI is InChI=1S/C8H9F3N2O3S/c1-7(16,5(14)15)3-12-6-13-4(2-17-6)8(9,10)11/h2,16H,3H2,1H3,(H,12,13)(H,14,15). The van der Waals surface area contributed by atoms with Crippen molar-refractivity contribution in [1.29, 1.82) is 0 Å². The molecule has 0 fully saturated rings. The van der Waals surface area contributed by atoms with Crippen LogP contribution >= 0.6 is 11.3 Å². The smallest absolute Gasteiger partial charge is 0.434 e. The van der Waals surface area contributed by atoms with Crippen LogP contribution in [0.15, 0.2) is 5.38 Å². The first-order valence-electron chi connectivity index (χ1n) is 4.35. The van der Waals surface area contributed by atoms with E-state index in [9.17, 15) is 23.1 Å². The maximum atomic E-state index is 12.2. The Morgan fingerprint density at radius 1 is 1.59 bits per heavy atom. The molecule has 0 saturated heterocycles. The van der Waals surface area contributed by atoms with Crippen molar-refractivity contribution < 1.29 is 28.2 Å². The van der Waals surface area contributed by atoms with Crippen LogP contribution in [0, 0.1) is 0 Å². The summed E-state index contributed by atoms with van der Waals surface area (Å²) in [6, 6.07) is 0. The van der Waals surface area contributed by atoms with Crippen molar-refractivity contribution in [1.82, 2.24) is 4.98 Å². The number of hydrogen-bond acceptors (Lipinski definition) is 5. The Kier molecular flexibility index (Phi) is 3.62. The Labute approximate surface area is 97.9 Å². The molecule has 3 N–H and O–H groups in total. The highest BCUT2D eigenvalue weighted by atomic mass is 32.1. The molecule has 0 bridgehead atoms. The number of aliphatic hydroxyl groups is 1.